The first kappa shape index (κ1) is 12.3. The molecule has 1 aliphatic heterocycles. The molecule has 17 heavy (non-hydrogen) atoms. The second kappa shape index (κ2) is 5.98. The van der Waals surface area contributed by atoms with Gasteiger partial charge in [0.25, 0.3) is 0 Å². The summed E-state index contributed by atoms with van der Waals surface area (Å²) in [5.74, 6) is 0. The molecule has 0 aromatic carbocycles. The lowest BCUT2D eigenvalue weighted by atomic mass is 10.2. The summed E-state index contributed by atoms with van der Waals surface area (Å²) < 4.78 is 5.58. The normalized spacial score (nSPS) is 20.6. The highest BCUT2D eigenvalue weighted by Crippen LogP contribution is 2.21. The topological polar surface area (TPSA) is 37.4 Å². The molecular weight excluding hydrogens is 214 g/mol. The molecule has 1 saturated heterocycles. The number of hydrogen-bond donors (Lipinski definition) is 1. The van der Waals surface area contributed by atoms with Gasteiger partial charge in [0.2, 0.25) is 0 Å². The number of pyridine rings is 1. The average Bonchev–Trinajstić information content (AvgIpc) is 2.37. The van der Waals surface area contributed by atoms with E-state index in [-0.39, 0.29) is 0 Å². The summed E-state index contributed by atoms with van der Waals surface area (Å²) >= 11 is 0. The lowest BCUT2D eigenvalue weighted by Gasteiger charge is -2.34. The molecule has 1 aliphatic rings. The first-order valence-electron chi connectivity index (χ1n) is 6.31. The lowest BCUT2D eigenvalue weighted by molar-refractivity contribution is 0.0531. The van der Waals surface area contributed by atoms with Gasteiger partial charge < -0.3 is 15.0 Å². The minimum Gasteiger partial charge on any atom is -0.375 e. The van der Waals surface area contributed by atoms with E-state index in [2.05, 4.69) is 35.1 Å². The predicted molar refractivity (Wildman–Crippen MR) is 69.2 cm³/mol. The van der Waals surface area contributed by atoms with Crippen LogP contribution in [0.3, 0.4) is 0 Å². The van der Waals surface area contributed by atoms with Crippen LogP contribution in [-0.4, -0.2) is 37.3 Å². The Bertz CT molecular complexity index is 356. The zero-order valence-corrected chi connectivity index (χ0v) is 10.6. The van der Waals surface area contributed by atoms with Crippen molar-refractivity contribution in [3.05, 3.63) is 24.0 Å². The Hall–Kier alpha value is -1.13. The number of hydrogen-bond acceptors (Lipinski definition) is 4. The highest BCUT2D eigenvalue weighted by atomic mass is 16.5. The number of rotatable bonds is 4. The molecule has 4 heteroatoms. The van der Waals surface area contributed by atoms with Crippen molar-refractivity contribution >= 4 is 5.69 Å². The van der Waals surface area contributed by atoms with Gasteiger partial charge in [0.1, 0.15) is 0 Å². The third-order valence-corrected chi connectivity index (χ3v) is 3.03. The molecule has 0 aliphatic carbocycles. The quantitative estimate of drug-likeness (QED) is 0.856. The van der Waals surface area contributed by atoms with E-state index in [9.17, 15) is 0 Å². The van der Waals surface area contributed by atoms with Crippen LogP contribution in [0.5, 0.6) is 0 Å². The van der Waals surface area contributed by atoms with Crippen molar-refractivity contribution in [1.29, 1.82) is 0 Å². The van der Waals surface area contributed by atoms with E-state index in [0.29, 0.717) is 6.10 Å². The van der Waals surface area contributed by atoms with Crippen LogP contribution in [0.25, 0.3) is 0 Å². The highest BCUT2D eigenvalue weighted by molar-refractivity contribution is 5.52. The molecule has 2 heterocycles. The molecule has 1 aromatic rings. The molecule has 0 saturated carbocycles. The largest absolute Gasteiger partial charge is 0.375 e. The van der Waals surface area contributed by atoms with E-state index in [0.717, 1.165) is 32.8 Å². The van der Waals surface area contributed by atoms with Gasteiger partial charge in [0, 0.05) is 43.3 Å². The number of morpholine rings is 1. The minimum atomic E-state index is 0.309. The number of nitrogens with one attached hydrogen (secondary N) is 1. The summed E-state index contributed by atoms with van der Waals surface area (Å²) in [6.45, 7) is 8.84. The van der Waals surface area contributed by atoms with E-state index in [4.69, 9.17) is 4.74 Å². The van der Waals surface area contributed by atoms with Crippen LogP contribution in [0.2, 0.25) is 0 Å². The first-order valence-corrected chi connectivity index (χ1v) is 6.31. The van der Waals surface area contributed by atoms with Gasteiger partial charge in [-0.25, -0.2) is 0 Å². The van der Waals surface area contributed by atoms with Gasteiger partial charge in [-0.2, -0.15) is 0 Å². The predicted octanol–water partition coefficient (Wildman–Crippen LogP) is 1.42. The summed E-state index contributed by atoms with van der Waals surface area (Å²) in [6.07, 6.45) is 4.13. The van der Waals surface area contributed by atoms with Gasteiger partial charge in [0.15, 0.2) is 0 Å². The maximum Gasteiger partial charge on any atom is 0.0722 e. The molecule has 1 fully saturated rings. The molecule has 2 rings (SSSR count). The summed E-state index contributed by atoms with van der Waals surface area (Å²) in [5.41, 5.74) is 2.56. The Morgan fingerprint density at radius 2 is 2.47 bits per heavy atom. The van der Waals surface area contributed by atoms with E-state index in [1.54, 1.807) is 0 Å². The Morgan fingerprint density at radius 1 is 1.59 bits per heavy atom. The second-order valence-electron chi connectivity index (χ2n) is 4.41. The van der Waals surface area contributed by atoms with Crippen molar-refractivity contribution in [2.24, 2.45) is 0 Å². The third-order valence-electron chi connectivity index (χ3n) is 3.03. The standard InChI is InChI=1S/C13H21N3O/c1-3-14-8-12-9-15-5-4-13(12)16-6-7-17-11(2)10-16/h4-5,9,11,14H,3,6-8,10H2,1-2H3. The molecule has 4 nitrogen and oxygen atoms in total. The fourth-order valence-corrected chi connectivity index (χ4v) is 2.16. The summed E-state index contributed by atoms with van der Waals surface area (Å²) in [6, 6.07) is 2.10. The Labute approximate surface area is 103 Å². The maximum absolute atomic E-state index is 5.58. The van der Waals surface area contributed by atoms with Crippen LogP contribution in [0.4, 0.5) is 5.69 Å². The fraction of sp³-hybridized carbons (Fsp3) is 0.615. The molecule has 0 amide bonds. The monoisotopic (exact) mass is 235 g/mol. The summed E-state index contributed by atoms with van der Waals surface area (Å²) in [7, 11) is 0. The highest BCUT2D eigenvalue weighted by Gasteiger charge is 2.18. The summed E-state index contributed by atoms with van der Waals surface area (Å²) in [4.78, 5) is 6.61. The molecule has 0 spiro atoms. The van der Waals surface area contributed by atoms with Crippen LogP contribution < -0.4 is 10.2 Å². The van der Waals surface area contributed by atoms with Gasteiger partial charge in [-0.1, -0.05) is 6.92 Å². The minimum absolute atomic E-state index is 0.309. The molecule has 94 valence electrons. The van der Waals surface area contributed by atoms with E-state index >= 15 is 0 Å². The Kier molecular flexibility index (Phi) is 4.34. The first-order chi connectivity index (χ1) is 8.31. The molecule has 1 aromatic heterocycles. The molecule has 1 atom stereocenters. The second-order valence-corrected chi connectivity index (χ2v) is 4.41. The van der Waals surface area contributed by atoms with Gasteiger partial charge in [-0.15, -0.1) is 0 Å². The molecule has 1 unspecified atom stereocenters. The van der Waals surface area contributed by atoms with Crippen LogP contribution >= 0.6 is 0 Å². The van der Waals surface area contributed by atoms with Crippen LogP contribution in [-0.2, 0) is 11.3 Å². The average molecular weight is 235 g/mol. The third kappa shape index (κ3) is 3.17. The lowest BCUT2D eigenvalue weighted by Crippen LogP contribution is -2.41. The van der Waals surface area contributed by atoms with Crippen molar-refractivity contribution < 1.29 is 4.74 Å². The van der Waals surface area contributed by atoms with Crippen molar-refractivity contribution in [2.75, 3.05) is 31.1 Å². The zero-order valence-electron chi connectivity index (χ0n) is 10.6. The smallest absolute Gasteiger partial charge is 0.0722 e. The van der Waals surface area contributed by atoms with Crippen molar-refractivity contribution in [2.45, 2.75) is 26.5 Å². The van der Waals surface area contributed by atoms with Crippen LogP contribution in [0, 0.1) is 0 Å². The van der Waals surface area contributed by atoms with Crippen molar-refractivity contribution in [3.8, 4) is 0 Å². The number of ether oxygens (including phenoxy) is 1. The van der Waals surface area contributed by atoms with Gasteiger partial charge in [0.05, 0.1) is 12.7 Å². The van der Waals surface area contributed by atoms with Gasteiger partial charge in [-0.05, 0) is 19.5 Å². The van der Waals surface area contributed by atoms with E-state index in [1.807, 2.05) is 12.4 Å². The van der Waals surface area contributed by atoms with Gasteiger partial charge >= 0.3 is 0 Å². The van der Waals surface area contributed by atoms with Crippen LogP contribution in [0.1, 0.15) is 19.4 Å². The molecule has 0 radical (unpaired) electrons. The Balaban J connectivity index is 2.12. The van der Waals surface area contributed by atoms with Crippen molar-refractivity contribution in [1.82, 2.24) is 10.3 Å². The molecular formula is C13H21N3O. The van der Waals surface area contributed by atoms with E-state index in [1.165, 1.54) is 11.3 Å². The number of aromatic nitrogens is 1. The molecule has 0 bridgehead atoms. The summed E-state index contributed by atoms with van der Waals surface area (Å²) in [5, 5.41) is 3.36. The molecule has 1 N–H and O–H groups in total. The van der Waals surface area contributed by atoms with Gasteiger partial charge in [-0.3, -0.25) is 4.98 Å². The SMILES string of the molecule is CCNCc1cnccc1N1CCOC(C)C1. The zero-order chi connectivity index (χ0) is 12.1. The maximum atomic E-state index is 5.58. The number of anilines is 1. The number of nitrogens with zero attached hydrogens (tertiary/aromatic N) is 2. The van der Waals surface area contributed by atoms with Crippen molar-refractivity contribution in [3.63, 3.8) is 0 Å². The van der Waals surface area contributed by atoms with Crippen LogP contribution in [0.15, 0.2) is 18.5 Å². The van der Waals surface area contributed by atoms with E-state index < -0.39 is 0 Å². The Morgan fingerprint density at radius 3 is 3.24 bits per heavy atom. The fourth-order valence-electron chi connectivity index (χ4n) is 2.16.